The molecular formula is C22H22F2N2O4. The zero-order valence-electron chi connectivity index (χ0n) is 16.3. The minimum absolute atomic E-state index is 0.155. The van der Waals surface area contributed by atoms with Gasteiger partial charge in [-0.25, -0.2) is 13.6 Å². The third-order valence-corrected chi connectivity index (χ3v) is 5.76. The molecule has 0 radical (unpaired) electrons. The highest BCUT2D eigenvalue weighted by molar-refractivity contribution is 5.97. The molecule has 0 saturated carbocycles. The number of amides is 1. The largest absolute Gasteiger partial charge is 0.480 e. The fourth-order valence-electron chi connectivity index (χ4n) is 4.27. The van der Waals surface area contributed by atoms with Gasteiger partial charge in [-0.15, -0.1) is 0 Å². The number of likely N-dealkylation sites (tertiary alicyclic amines) is 1. The monoisotopic (exact) mass is 416 g/mol. The molecule has 1 spiro atoms. The number of hydrogen-bond donors (Lipinski definition) is 1. The van der Waals surface area contributed by atoms with E-state index < -0.39 is 35.3 Å². The molecule has 1 unspecified atom stereocenters. The molecule has 6 nitrogen and oxygen atoms in total. The number of carboxylic acids is 1. The van der Waals surface area contributed by atoms with E-state index in [0.29, 0.717) is 32.0 Å². The van der Waals surface area contributed by atoms with Crippen LogP contribution in [0, 0.1) is 11.6 Å². The zero-order chi connectivity index (χ0) is 21.3. The lowest BCUT2D eigenvalue weighted by Gasteiger charge is -2.44. The van der Waals surface area contributed by atoms with Gasteiger partial charge in [0, 0.05) is 44.1 Å². The molecule has 0 aromatic heterocycles. The van der Waals surface area contributed by atoms with Gasteiger partial charge in [0.1, 0.15) is 17.4 Å². The van der Waals surface area contributed by atoms with Crippen molar-refractivity contribution in [3.8, 4) is 0 Å². The first-order valence-electron chi connectivity index (χ1n) is 9.81. The topological polar surface area (TPSA) is 70.1 Å². The number of aliphatic carboxylic acids is 1. The van der Waals surface area contributed by atoms with E-state index in [2.05, 4.69) is 4.90 Å². The van der Waals surface area contributed by atoms with E-state index in [1.165, 1.54) is 4.90 Å². The first-order chi connectivity index (χ1) is 14.4. The highest BCUT2D eigenvalue weighted by atomic mass is 19.1. The lowest BCUT2D eigenvalue weighted by atomic mass is 9.96. The Morgan fingerprint density at radius 1 is 1.07 bits per heavy atom. The normalized spacial score (nSPS) is 21.1. The van der Waals surface area contributed by atoms with Gasteiger partial charge in [-0.3, -0.25) is 14.6 Å². The Bertz CT molecular complexity index is 925. The molecular weight excluding hydrogens is 394 g/mol. The summed E-state index contributed by atoms with van der Waals surface area (Å²) in [6, 6.07) is 11.3. The van der Waals surface area contributed by atoms with Crippen LogP contribution in [0.4, 0.5) is 8.78 Å². The molecule has 4 rings (SSSR count). The molecule has 2 saturated heterocycles. The van der Waals surface area contributed by atoms with Crippen LogP contribution in [0.25, 0.3) is 0 Å². The molecule has 30 heavy (non-hydrogen) atoms. The Morgan fingerprint density at radius 3 is 2.30 bits per heavy atom. The standard InChI is InChI=1S/C22H22F2N2O4/c23-17-10-16(11-18(24)12-17)20(27)26-19(21(28)29)14-30-22(26)6-8-25(9-7-22)13-15-4-2-1-3-5-15/h1-5,10-12,19H,6-9,13-14H2,(H,28,29). The molecule has 2 aromatic carbocycles. The summed E-state index contributed by atoms with van der Waals surface area (Å²) in [5, 5.41) is 9.62. The Morgan fingerprint density at radius 2 is 1.70 bits per heavy atom. The molecule has 0 aliphatic carbocycles. The van der Waals surface area contributed by atoms with Gasteiger partial charge in [-0.05, 0) is 17.7 Å². The molecule has 2 aliphatic rings. The van der Waals surface area contributed by atoms with Gasteiger partial charge >= 0.3 is 5.97 Å². The summed E-state index contributed by atoms with van der Waals surface area (Å²) < 4.78 is 33.2. The highest BCUT2D eigenvalue weighted by Gasteiger charge is 2.54. The summed E-state index contributed by atoms with van der Waals surface area (Å²) >= 11 is 0. The van der Waals surface area contributed by atoms with Gasteiger partial charge in [0.25, 0.3) is 5.91 Å². The van der Waals surface area contributed by atoms with Crippen molar-refractivity contribution in [1.29, 1.82) is 0 Å². The number of carbonyl (C=O) groups excluding carboxylic acids is 1. The van der Waals surface area contributed by atoms with Crippen LogP contribution in [0.15, 0.2) is 48.5 Å². The van der Waals surface area contributed by atoms with Gasteiger partial charge < -0.3 is 9.84 Å². The molecule has 1 N–H and O–H groups in total. The van der Waals surface area contributed by atoms with Crippen molar-refractivity contribution in [3.05, 3.63) is 71.3 Å². The molecule has 2 heterocycles. The van der Waals surface area contributed by atoms with E-state index in [4.69, 9.17) is 4.74 Å². The molecule has 8 heteroatoms. The van der Waals surface area contributed by atoms with E-state index in [1.54, 1.807) is 0 Å². The number of nitrogens with zero attached hydrogens (tertiary/aromatic N) is 2. The second-order valence-corrected chi connectivity index (χ2v) is 7.71. The van der Waals surface area contributed by atoms with Crippen LogP contribution in [0.1, 0.15) is 28.8 Å². The molecule has 2 aliphatic heterocycles. The minimum Gasteiger partial charge on any atom is -0.480 e. The predicted octanol–water partition coefficient (Wildman–Crippen LogP) is 2.88. The molecule has 158 valence electrons. The number of hydrogen-bond acceptors (Lipinski definition) is 4. The Labute approximate surface area is 172 Å². The summed E-state index contributed by atoms with van der Waals surface area (Å²) in [5.74, 6) is -3.73. The molecule has 1 atom stereocenters. The number of benzene rings is 2. The maximum atomic E-state index is 13.7. The van der Waals surface area contributed by atoms with Crippen LogP contribution in [-0.2, 0) is 16.1 Å². The fraction of sp³-hybridized carbons (Fsp3) is 0.364. The maximum absolute atomic E-state index is 13.7. The van der Waals surface area contributed by atoms with Crippen LogP contribution in [-0.4, -0.2) is 58.2 Å². The zero-order valence-corrected chi connectivity index (χ0v) is 16.3. The number of carbonyl (C=O) groups is 2. The predicted molar refractivity (Wildman–Crippen MR) is 104 cm³/mol. The quantitative estimate of drug-likeness (QED) is 0.830. The van der Waals surface area contributed by atoms with Gasteiger partial charge in [0.05, 0.1) is 6.61 Å². The maximum Gasteiger partial charge on any atom is 0.328 e. The van der Waals surface area contributed by atoms with Gasteiger partial charge in [0.2, 0.25) is 0 Å². The smallest absolute Gasteiger partial charge is 0.328 e. The van der Waals surface area contributed by atoms with Crippen LogP contribution in [0.2, 0.25) is 0 Å². The van der Waals surface area contributed by atoms with E-state index in [1.807, 2.05) is 30.3 Å². The first kappa shape index (κ1) is 20.4. The number of piperidine rings is 1. The van der Waals surface area contributed by atoms with E-state index in [0.717, 1.165) is 24.2 Å². The molecule has 0 bridgehead atoms. The summed E-state index contributed by atoms with van der Waals surface area (Å²) in [5.41, 5.74) is -0.168. The highest BCUT2D eigenvalue weighted by Crippen LogP contribution is 2.38. The van der Waals surface area contributed by atoms with Crippen molar-refractivity contribution < 1.29 is 28.2 Å². The first-order valence-corrected chi connectivity index (χ1v) is 9.81. The fourth-order valence-corrected chi connectivity index (χ4v) is 4.27. The van der Waals surface area contributed by atoms with Crippen molar-refractivity contribution in [3.63, 3.8) is 0 Å². The van der Waals surface area contributed by atoms with Crippen molar-refractivity contribution in [1.82, 2.24) is 9.80 Å². The Kier molecular flexibility index (Phi) is 5.53. The van der Waals surface area contributed by atoms with Gasteiger partial charge in [-0.1, -0.05) is 30.3 Å². The summed E-state index contributed by atoms with van der Waals surface area (Å²) in [6.07, 6.45) is 0.820. The van der Waals surface area contributed by atoms with Gasteiger partial charge in [-0.2, -0.15) is 0 Å². The molecule has 2 fully saturated rings. The lowest BCUT2D eigenvalue weighted by molar-refractivity contribution is -0.144. The van der Waals surface area contributed by atoms with Crippen LogP contribution >= 0.6 is 0 Å². The van der Waals surface area contributed by atoms with Crippen LogP contribution < -0.4 is 0 Å². The van der Waals surface area contributed by atoms with E-state index in [-0.39, 0.29) is 12.2 Å². The van der Waals surface area contributed by atoms with Crippen molar-refractivity contribution in [2.75, 3.05) is 19.7 Å². The Hall–Kier alpha value is -2.84. The van der Waals surface area contributed by atoms with E-state index >= 15 is 0 Å². The number of ether oxygens (including phenoxy) is 1. The van der Waals surface area contributed by atoms with Gasteiger partial charge in [0.15, 0.2) is 6.04 Å². The number of halogens is 2. The van der Waals surface area contributed by atoms with E-state index in [9.17, 15) is 23.5 Å². The Balaban J connectivity index is 1.56. The van der Waals surface area contributed by atoms with Crippen LogP contribution in [0.3, 0.4) is 0 Å². The van der Waals surface area contributed by atoms with Crippen molar-refractivity contribution in [2.24, 2.45) is 0 Å². The number of rotatable bonds is 4. The number of carboxylic acid groups (broad SMARTS) is 1. The van der Waals surface area contributed by atoms with Crippen LogP contribution in [0.5, 0.6) is 0 Å². The lowest BCUT2D eigenvalue weighted by Crippen LogP contribution is -2.58. The van der Waals surface area contributed by atoms with Crippen molar-refractivity contribution in [2.45, 2.75) is 31.2 Å². The SMILES string of the molecule is O=C(O)C1COC2(CCN(Cc3ccccc3)CC2)N1C(=O)c1cc(F)cc(F)c1. The molecule has 1 amide bonds. The summed E-state index contributed by atoms with van der Waals surface area (Å²) in [7, 11) is 0. The second-order valence-electron chi connectivity index (χ2n) is 7.71. The average Bonchev–Trinajstić information content (AvgIpc) is 3.08. The third kappa shape index (κ3) is 3.93. The minimum atomic E-state index is -1.20. The average molecular weight is 416 g/mol. The summed E-state index contributed by atoms with van der Waals surface area (Å²) in [4.78, 5) is 28.3. The third-order valence-electron chi connectivity index (χ3n) is 5.76. The molecule has 2 aromatic rings. The summed E-state index contributed by atoms with van der Waals surface area (Å²) in [6.45, 7) is 1.78. The van der Waals surface area contributed by atoms with Crippen molar-refractivity contribution >= 4 is 11.9 Å². The second kappa shape index (κ2) is 8.12.